The van der Waals surface area contributed by atoms with Gasteiger partial charge in [-0.2, -0.15) is 13.2 Å². The minimum atomic E-state index is -4.62. The van der Waals surface area contributed by atoms with Gasteiger partial charge in [0, 0.05) is 24.5 Å². The fourth-order valence-electron chi connectivity index (χ4n) is 4.59. The van der Waals surface area contributed by atoms with Gasteiger partial charge in [0.25, 0.3) is 0 Å². The van der Waals surface area contributed by atoms with Crippen LogP contribution in [0.15, 0.2) is 66.0 Å². The summed E-state index contributed by atoms with van der Waals surface area (Å²) >= 11 is 1.56. The van der Waals surface area contributed by atoms with Crippen LogP contribution in [0.2, 0.25) is 0 Å². The van der Waals surface area contributed by atoms with Crippen LogP contribution in [0.1, 0.15) is 34.4 Å². The first-order valence-corrected chi connectivity index (χ1v) is 13.9. The van der Waals surface area contributed by atoms with Crippen LogP contribution in [0, 0.1) is 6.92 Å². The third-order valence-electron chi connectivity index (χ3n) is 6.84. The van der Waals surface area contributed by atoms with E-state index >= 15 is 0 Å². The van der Waals surface area contributed by atoms with E-state index in [4.69, 9.17) is 0 Å². The third kappa shape index (κ3) is 8.06. The van der Waals surface area contributed by atoms with E-state index in [0.29, 0.717) is 19.6 Å². The number of likely N-dealkylation sites (tertiary alicyclic amines) is 1. The van der Waals surface area contributed by atoms with Gasteiger partial charge in [-0.05, 0) is 67.6 Å². The van der Waals surface area contributed by atoms with E-state index in [1.807, 2.05) is 48.7 Å². The molecular weight excluding hydrogens is 525 g/mol. The largest absolute Gasteiger partial charge is 0.418 e. The highest BCUT2D eigenvalue weighted by Crippen LogP contribution is 2.34. The molecule has 2 heterocycles. The zero-order valence-corrected chi connectivity index (χ0v) is 22.7. The predicted octanol–water partition coefficient (Wildman–Crippen LogP) is 6.23. The molecule has 0 atom stereocenters. The average molecular weight is 559 g/mol. The van der Waals surface area contributed by atoms with Crippen LogP contribution in [0.3, 0.4) is 0 Å². The number of nitrogens with zero attached hydrogens (tertiary/aromatic N) is 3. The summed E-state index contributed by atoms with van der Waals surface area (Å²) in [5.41, 5.74) is 0.775. The van der Waals surface area contributed by atoms with Gasteiger partial charge in [-0.1, -0.05) is 42.5 Å². The lowest BCUT2D eigenvalue weighted by Gasteiger charge is -2.29. The Morgan fingerprint density at radius 1 is 0.949 bits per heavy atom. The maximum absolute atomic E-state index is 13.7. The van der Waals surface area contributed by atoms with E-state index in [0.717, 1.165) is 48.0 Å². The van der Waals surface area contributed by atoms with Gasteiger partial charge in [-0.25, -0.2) is 4.79 Å². The molecule has 2 aromatic carbocycles. The number of aryl methyl sites for hydroxylation is 1. The Kier molecular flexibility index (Phi) is 9.63. The van der Waals surface area contributed by atoms with Crippen LogP contribution < -0.4 is 5.32 Å². The molecule has 0 unspecified atom stereocenters. The standard InChI is InChI=1S/C29H33F3N4O2S/c1-22-13-18-39-26(22)20-36(19-23-9-3-2-4-10-23)27(37)21-35(17-16-34-14-7-8-15-34)28(38)33-25-12-6-5-11-24(25)29(30,31)32/h2-6,9-13,18H,7-8,14-17,19-21H2,1H3,(H,33,38). The van der Waals surface area contributed by atoms with Crippen molar-refractivity contribution in [2.75, 3.05) is 38.0 Å². The van der Waals surface area contributed by atoms with Crippen LogP contribution in [0.5, 0.6) is 0 Å². The fraction of sp³-hybridized carbons (Fsp3) is 0.379. The van der Waals surface area contributed by atoms with Crippen molar-refractivity contribution in [2.24, 2.45) is 0 Å². The zero-order chi connectivity index (χ0) is 27.8. The van der Waals surface area contributed by atoms with E-state index in [2.05, 4.69) is 10.2 Å². The number of hydrogen-bond donors (Lipinski definition) is 1. The van der Waals surface area contributed by atoms with E-state index in [1.165, 1.54) is 23.1 Å². The quantitative estimate of drug-likeness (QED) is 0.321. The Bertz CT molecular complexity index is 1240. The molecule has 1 aromatic heterocycles. The first kappa shape index (κ1) is 28.6. The topological polar surface area (TPSA) is 55.9 Å². The number of carbonyl (C=O) groups is 2. The number of amides is 3. The van der Waals surface area contributed by atoms with Crippen LogP contribution in [0.25, 0.3) is 0 Å². The molecule has 1 aliphatic rings. The number of halogens is 3. The number of alkyl halides is 3. The maximum Gasteiger partial charge on any atom is 0.418 e. The Hall–Kier alpha value is -3.37. The predicted molar refractivity (Wildman–Crippen MR) is 147 cm³/mol. The molecule has 10 heteroatoms. The third-order valence-corrected chi connectivity index (χ3v) is 7.85. The van der Waals surface area contributed by atoms with Crippen molar-refractivity contribution in [1.82, 2.24) is 14.7 Å². The van der Waals surface area contributed by atoms with Crippen molar-refractivity contribution in [1.29, 1.82) is 0 Å². The monoisotopic (exact) mass is 558 g/mol. The van der Waals surface area contributed by atoms with Crippen molar-refractivity contribution in [3.63, 3.8) is 0 Å². The summed E-state index contributed by atoms with van der Waals surface area (Å²) in [5, 5.41) is 4.40. The number of para-hydroxylation sites is 1. The highest BCUT2D eigenvalue weighted by atomic mass is 32.1. The van der Waals surface area contributed by atoms with Crippen LogP contribution >= 0.6 is 11.3 Å². The van der Waals surface area contributed by atoms with E-state index in [9.17, 15) is 22.8 Å². The van der Waals surface area contributed by atoms with E-state index < -0.39 is 17.8 Å². The molecule has 0 saturated carbocycles. The van der Waals surface area contributed by atoms with Gasteiger partial charge in [0.1, 0.15) is 6.54 Å². The smallest absolute Gasteiger partial charge is 0.332 e. The summed E-state index contributed by atoms with van der Waals surface area (Å²) in [6.07, 6.45) is -2.49. The van der Waals surface area contributed by atoms with Gasteiger partial charge in [-0.3, -0.25) is 4.79 Å². The van der Waals surface area contributed by atoms with Gasteiger partial charge < -0.3 is 20.0 Å². The van der Waals surface area contributed by atoms with Gasteiger partial charge in [0.15, 0.2) is 0 Å². The molecule has 39 heavy (non-hydrogen) atoms. The van der Waals surface area contributed by atoms with Crippen molar-refractivity contribution < 1.29 is 22.8 Å². The second kappa shape index (κ2) is 13.1. The maximum atomic E-state index is 13.7. The zero-order valence-electron chi connectivity index (χ0n) is 21.9. The van der Waals surface area contributed by atoms with Crippen molar-refractivity contribution in [3.8, 4) is 0 Å². The number of rotatable bonds is 10. The number of urea groups is 1. The Morgan fingerprint density at radius 3 is 2.31 bits per heavy atom. The molecule has 208 valence electrons. The fourth-order valence-corrected chi connectivity index (χ4v) is 5.51. The summed E-state index contributed by atoms with van der Waals surface area (Å²) in [5.74, 6) is -0.271. The number of hydrogen-bond acceptors (Lipinski definition) is 4. The number of thiophene rings is 1. The van der Waals surface area contributed by atoms with Crippen LogP contribution in [-0.4, -0.2) is 59.4 Å². The second-order valence-corrected chi connectivity index (χ2v) is 10.7. The molecule has 1 fully saturated rings. The lowest BCUT2D eigenvalue weighted by molar-refractivity contribution is -0.137. The SMILES string of the molecule is Cc1ccsc1CN(Cc1ccccc1)C(=O)CN(CCN1CCCC1)C(=O)Nc1ccccc1C(F)(F)F. The highest BCUT2D eigenvalue weighted by molar-refractivity contribution is 7.10. The molecule has 0 spiro atoms. The molecule has 3 aromatic rings. The van der Waals surface area contributed by atoms with Crippen molar-refractivity contribution in [3.05, 3.63) is 87.6 Å². The lowest BCUT2D eigenvalue weighted by Crippen LogP contribution is -2.46. The number of benzene rings is 2. The molecule has 6 nitrogen and oxygen atoms in total. The number of nitrogens with one attached hydrogen (secondary N) is 1. The van der Waals surface area contributed by atoms with Gasteiger partial charge in [-0.15, -0.1) is 11.3 Å². The molecule has 0 bridgehead atoms. The first-order valence-electron chi connectivity index (χ1n) is 13.0. The Labute approximate surface area is 231 Å². The molecule has 0 aliphatic carbocycles. The van der Waals surface area contributed by atoms with Gasteiger partial charge in [0.2, 0.25) is 5.91 Å². The van der Waals surface area contributed by atoms with Crippen molar-refractivity contribution >= 4 is 29.0 Å². The second-order valence-electron chi connectivity index (χ2n) is 9.71. The minimum Gasteiger partial charge on any atom is -0.332 e. The van der Waals surface area contributed by atoms with Gasteiger partial charge >= 0.3 is 12.2 Å². The summed E-state index contributed by atoms with van der Waals surface area (Å²) in [6.45, 7) is 5.06. The average Bonchev–Trinajstić information content (AvgIpc) is 3.58. The number of carbonyl (C=O) groups excluding carboxylic acids is 2. The van der Waals surface area contributed by atoms with E-state index in [1.54, 1.807) is 16.2 Å². The summed E-state index contributed by atoms with van der Waals surface area (Å²) < 4.78 is 40.7. The molecule has 3 amide bonds. The summed E-state index contributed by atoms with van der Waals surface area (Å²) in [7, 11) is 0. The minimum absolute atomic E-state index is 0.225. The number of anilines is 1. The van der Waals surface area contributed by atoms with Crippen LogP contribution in [-0.2, 0) is 24.1 Å². The van der Waals surface area contributed by atoms with Gasteiger partial charge in [0.05, 0.1) is 17.8 Å². The summed E-state index contributed by atoms with van der Waals surface area (Å²) in [4.78, 5) is 33.3. The lowest BCUT2D eigenvalue weighted by atomic mass is 10.1. The highest BCUT2D eigenvalue weighted by Gasteiger charge is 2.34. The Balaban J connectivity index is 1.54. The molecule has 1 N–H and O–H groups in total. The van der Waals surface area contributed by atoms with E-state index in [-0.39, 0.29) is 24.7 Å². The molecule has 0 radical (unpaired) electrons. The van der Waals surface area contributed by atoms with Crippen LogP contribution in [0.4, 0.5) is 23.7 Å². The molecule has 1 saturated heterocycles. The molecule has 1 aliphatic heterocycles. The molecule has 4 rings (SSSR count). The normalized spacial score (nSPS) is 13.8. The Morgan fingerprint density at radius 2 is 1.64 bits per heavy atom. The van der Waals surface area contributed by atoms with Crippen molar-refractivity contribution in [2.45, 2.75) is 39.0 Å². The summed E-state index contributed by atoms with van der Waals surface area (Å²) in [6, 6.07) is 15.7. The first-order chi connectivity index (χ1) is 18.7. The molecular formula is C29H33F3N4O2S.